The highest BCUT2D eigenvalue weighted by Crippen LogP contribution is 2.20. The summed E-state index contributed by atoms with van der Waals surface area (Å²) in [5, 5.41) is 0. The van der Waals surface area contributed by atoms with E-state index in [1.165, 1.54) is 49.6 Å². The minimum absolute atomic E-state index is 0.508. The molecule has 0 N–H and O–H groups in total. The van der Waals surface area contributed by atoms with Crippen LogP contribution >= 0.6 is 0 Å². The normalized spacial score (nSPS) is 11.2. The summed E-state index contributed by atoms with van der Waals surface area (Å²) in [6.45, 7) is 5.87. The SMILES string of the molecule is CCCCCCCCn1c(COc2ccc(C)cc2)nc2ccccc21. The van der Waals surface area contributed by atoms with Gasteiger partial charge in [-0.05, 0) is 37.6 Å². The van der Waals surface area contributed by atoms with Crippen LogP contribution in [0.2, 0.25) is 0 Å². The average molecular weight is 351 g/mol. The molecule has 0 amide bonds. The Morgan fingerprint density at radius 3 is 2.42 bits per heavy atom. The van der Waals surface area contributed by atoms with E-state index in [0.29, 0.717) is 6.61 Å². The highest BCUT2D eigenvalue weighted by Gasteiger charge is 2.11. The fourth-order valence-electron chi connectivity index (χ4n) is 3.32. The Balaban J connectivity index is 1.66. The van der Waals surface area contributed by atoms with E-state index < -0.39 is 0 Å². The maximum Gasteiger partial charge on any atom is 0.147 e. The van der Waals surface area contributed by atoms with Gasteiger partial charge in [0.2, 0.25) is 0 Å². The van der Waals surface area contributed by atoms with Crippen LogP contribution in [-0.4, -0.2) is 9.55 Å². The number of hydrogen-bond donors (Lipinski definition) is 0. The summed E-state index contributed by atoms with van der Waals surface area (Å²) in [5.74, 6) is 1.91. The molecule has 0 aliphatic heterocycles. The summed E-state index contributed by atoms with van der Waals surface area (Å²) >= 11 is 0. The third-order valence-electron chi connectivity index (χ3n) is 4.86. The lowest BCUT2D eigenvalue weighted by Gasteiger charge is -2.11. The number of aromatic nitrogens is 2. The number of para-hydroxylation sites is 2. The van der Waals surface area contributed by atoms with Crippen molar-refractivity contribution in [1.29, 1.82) is 0 Å². The van der Waals surface area contributed by atoms with E-state index in [4.69, 9.17) is 9.72 Å². The van der Waals surface area contributed by atoms with Gasteiger partial charge >= 0.3 is 0 Å². The molecule has 3 rings (SSSR count). The molecule has 138 valence electrons. The summed E-state index contributed by atoms with van der Waals surface area (Å²) in [4.78, 5) is 4.81. The van der Waals surface area contributed by atoms with Gasteiger partial charge in [-0.1, -0.05) is 68.9 Å². The third kappa shape index (κ3) is 4.87. The van der Waals surface area contributed by atoms with E-state index >= 15 is 0 Å². The molecule has 0 fully saturated rings. The zero-order valence-electron chi connectivity index (χ0n) is 16.1. The van der Waals surface area contributed by atoms with Crippen LogP contribution in [0.1, 0.15) is 56.8 Å². The van der Waals surface area contributed by atoms with Gasteiger partial charge in [0.15, 0.2) is 0 Å². The lowest BCUT2D eigenvalue weighted by atomic mass is 10.1. The van der Waals surface area contributed by atoms with Crippen molar-refractivity contribution >= 4 is 11.0 Å². The van der Waals surface area contributed by atoms with Crippen molar-refractivity contribution in [2.24, 2.45) is 0 Å². The van der Waals surface area contributed by atoms with Crippen LogP contribution in [0.5, 0.6) is 5.75 Å². The van der Waals surface area contributed by atoms with Gasteiger partial charge in [0.25, 0.3) is 0 Å². The second-order valence-electron chi connectivity index (χ2n) is 7.04. The lowest BCUT2D eigenvalue weighted by molar-refractivity contribution is 0.289. The predicted octanol–water partition coefficient (Wildman–Crippen LogP) is 6.28. The van der Waals surface area contributed by atoms with E-state index in [-0.39, 0.29) is 0 Å². The summed E-state index contributed by atoms with van der Waals surface area (Å²) in [5.41, 5.74) is 3.51. The van der Waals surface area contributed by atoms with Crippen LogP contribution in [0.3, 0.4) is 0 Å². The van der Waals surface area contributed by atoms with Crippen molar-refractivity contribution in [2.75, 3.05) is 0 Å². The molecular formula is C23H30N2O. The van der Waals surface area contributed by atoms with Crippen molar-refractivity contribution in [3.05, 3.63) is 59.9 Å². The lowest BCUT2D eigenvalue weighted by Crippen LogP contribution is -2.07. The molecule has 1 aromatic heterocycles. The molecule has 0 aliphatic carbocycles. The van der Waals surface area contributed by atoms with Crippen LogP contribution in [0.4, 0.5) is 0 Å². The van der Waals surface area contributed by atoms with E-state index in [9.17, 15) is 0 Å². The number of nitrogens with zero attached hydrogens (tertiary/aromatic N) is 2. The number of imidazole rings is 1. The minimum Gasteiger partial charge on any atom is -0.486 e. The summed E-state index contributed by atoms with van der Waals surface area (Å²) in [7, 11) is 0. The number of unbranched alkanes of at least 4 members (excludes halogenated alkanes) is 5. The molecular weight excluding hydrogens is 320 g/mol. The first-order valence-electron chi connectivity index (χ1n) is 9.91. The zero-order valence-corrected chi connectivity index (χ0v) is 16.1. The Bertz CT molecular complexity index is 805. The molecule has 0 saturated heterocycles. The molecule has 0 atom stereocenters. The summed E-state index contributed by atoms with van der Waals surface area (Å²) < 4.78 is 8.33. The average Bonchev–Trinajstić information content (AvgIpc) is 3.02. The first-order chi connectivity index (χ1) is 12.8. The number of ether oxygens (including phenoxy) is 1. The smallest absolute Gasteiger partial charge is 0.147 e. The number of benzene rings is 2. The van der Waals surface area contributed by atoms with Gasteiger partial charge < -0.3 is 9.30 Å². The molecule has 3 aromatic rings. The maximum absolute atomic E-state index is 5.99. The minimum atomic E-state index is 0.508. The van der Waals surface area contributed by atoms with Crippen molar-refractivity contribution in [2.45, 2.75) is 65.5 Å². The number of fused-ring (bicyclic) bond motifs is 1. The van der Waals surface area contributed by atoms with Gasteiger partial charge in [0, 0.05) is 6.54 Å². The predicted molar refractivity (Wildman–Crippen MR) is 109 cm³/mol. The van der Waals surface area contributed by atoms with E-state index in [1.807, 2.05) is 12.1 Å². The molecule has 26 heavy (non-hydrogen) atoms. The van der Waals surface area contributed by atoms with Crippen molar-refractivity contribution in [1.82, 2.24) is 9.55 Å². The molecule has 0 unspecified atom stereocenters. The van der Waals surface area contributed by atoms with Crippen LogP contribution in [0.25, 0.3) is 11.0 Å². The summed E-state index contributed by atoms with van der Waals surface area (Å²) in [6.07, 6.45) is 7.81. The first-order valence-corrected chi connectivity index (χ1v) is 9.91. The Kier molecular flexibility index (Phi) is 6.70. The third-order valence-corrected chi connectivity index (χ3v) is 4.86. The van der Waals surface area contributed by atoms with Gasteiger partial charge in [-0.15, -0.1) is 0 Å². The molecule has 1 heterocycles. The highest BCUT2D eigenvalue weighted by molar-refractivity contribution is 5.75. The molecule has 3 nitrogen and oxygen atoms in total. The standard InChI is InChI=1S/C23H30N2O/c1-3-4-5-6-7-10-17-25-22-12-9-8-11-21(22)24-23(25)18-26-20-15-13-19(2)14-16-20/h8-9,11-16H,3-7,10,17-18H2,1-2H3. The highest BCUT2D eigenvalue weighted by atomic mass is 16.5. The van der Waals surface area contributed by atoms with Crippen LogP contribution in [0, 0.1) is 6.92 Å². The zero-order chi connectivity index (χ0) is 18.2. The molecule has 0 spiro atoms. The number of hydrogen-bond acceptors (Lipinski definition) is 2. The van der Waals surface area contributed by atoms with Crippen LogP contribution < -0.4 is 4.74 Å². The van der Waals surface area contributed by atoms with Gasteiger partial charge in [0.1, 0.15) is 18.2 Å². The van der Waals surface area contributed by atoms with E-state index in [0.717, 1.165) is 23.6 Å². The Hall–Kier alpha value is -2.29. The van der Waals surface area contributed by atoms with Crippen molar-refractivity contribution < 1.29 is 4.74 Å². The van der Waals surface area contributed by atoms with E-state index in [1.54, 1.807) is 0 Å². The largest absolute Gasteiger partial charge is 0.486 e. The quantitative estimate of drug-likeness (QED) is 0.402. The molecule has 0 aliphatic rings. The number of aryl methyl sites for hydroxylation is 2. The fraction of sp³-hybridized carbons (Fsp3) is 0.435. The second kappa shape index (κ2) is 9.42. The number of rotatable bonds is 10. The maximum atomic E-state index is 5.99. The van der Waals surface area contributed by atoms with Crippen molar-refractivity contribution in [3.63, 3.8) is 0 Å². The first kappa shape index (κ1) is 18.5. The van der Waals surface area contributed by atoms with Crippen molar-refractivity contribution in [3.8, 4) is 5.75 Å². The van der Waals surface area contributed by atoms with Crippen LogP contribution in [0.15, 0.2) is 48.5 Å². The second-order valence-corrected chi connectivity index (χ2v) is 7.04. The monoisotopic (exact) mass is 350 g/mol. The van der Waals surface area contributed by atoms with Crippen LogP contribution in [-0.2, 0) is 13.2 Å². The van der Waals surface area contributed by atoms with E-state index in [2.05, 4.69) is 54.8 Å². The molecule has 0 bridgehead atoms. The molecule has 0 saturated carbocycles. The molecule has 0 radical (unpaired) electrons. The molecule has 2 aromatic carbocycles. The van der Waals surface area contributed by atoms with Gasteiger partial charge in [-0.2, -0.15) is 0 Å². The topological polar surface area (TPSA) is 27.1 Å². The Morgan fingerprint density at radius 1 is 0.885 bits per heavy atom. The summed E-state index contributed by atoms with van der Waals surface area (Å²) in [6, 6.07) is 16.6. The molecule has 3 heteroatoms. The van der Waals surface area contributed by atoms with Gasteiger partial charge in [-0.3, -0.25) is 0 Å². The Labute approximate surface area is 157 Å². The van der Waals surface area contributed by atoms with Gasteiger partial charge in [0.05, 0.1) is 11.0 Å². The Morgan fingerprint density at radius 2 is 1.62 bits per heavy atom. The fourth-order valence-corrected chi connectivity index (χ4v) is 3.32. The van der Waals surface area contributed by atoms with Gasteiger partial charge in [-0.25, -0.2) is 4.98 Å².